The SMILES string of the molecule is COc1cccc(C=O)c1Nc1ccc(Br)cc1. The number of hydrogen-bond donors (Lipinski definition) is 1. The molecule has 0 atom stereocenters. The highest BCUT2D eigenvalue weighted by Crippen LogP contribution is 2.30. The Labute approximate surface area is 114 Å². The average Bonchev–Trinajstić information content (AvgIpc) is 2.41. The van der Waals surface area contributed by atoms with Crippen LogP contribution in [0.4, 0.5) is 11.4 Å². The lowest BCUT2D eigenvalue weighted by Gasteiger charge is -2.13. The standard InChI is InChI=1S/C14H12BrNO2/c1-18-13-4-2-3-10(9-17)14(13)16-12-7-5-11(15)6-8-12/h2-9,16H,1H3. The number of benzene rings is 2. The second kappa shape index (κ2) is 5.69. The molecule has 0 bridgehead atoms. The zero-order chi connectivity index (χ0) is 13.0. The van der Waals surface area contributed by atoms with Crippen molar-refractivity contribution >= 4 is 33.6 Å². The van der Waals surface area contributed by atoms with Crippen LogP contribution < -0.4 is 10.1 Å². The largest absolute Gasteiger partial charge is 0.495 e. The van der Waals surface area contributed by atoms with Crippen LogP contribution in [0.25, 0.3) is 0 Å². The van der Waals surface area contributed by atoms with Crippen LogP contribution in [0.15, 0.2) is 46.9 Å². The van der Waals surface area contributed by atoms with Crippen LogP contribution >= 0.6 is 15.9 Å². The van der Waals surface area contributed by atoms with Crippen LogP contribution in [-0.4, -0.2) is 13.4 Å². The Morgan fingerprint density at radius 3 is 2.50 bits per heavy atom. The van der Waals surface area contributed by atoms with Gasteiger partial charge in [-0.25, -0.2) is 0 Å². The molecule has 0 unspecified atom stereocenters. The lowest BCUT2D eigenvalue weighted by molar-refractivity contribution is 0.112. The van der Waals surface area contributed by atoms with Crippen LogP contribution in [0, 0.1) is 0 Å². The van der Waals surface area contributed by atoms with Crippen LogP contribution in [0.5, 0.6) is 5.75 Å². The van der Waals surface area contributed by atoms with Gasteiger partial charge in [-0.1, -0.05) is 22.0 Å². The van der Waals surface area contributed by atoms with Crippen molar-refractivity contribution in [1.29, 1.82) is 0 Å². The third-order valence-corrected chi connectivity index (χ3v) is 3.05. The van der Waals surface area contributed by atoms with Gasteiger partial charge in [0.15, 0.2) is 6.29 Å². The highest BCUT2D eigenvalue weighted by Gasteiger charge is 2.08. The molecule has 0 saturated carbocycles. The quantitative estimate of drug-likeness (QED) is 0.867. The Morgan fingerprint density at radius 2 is 1.89 bits per heavy atom. The van der Waals surface area contributed by atoms with E-state index < -0.39 is 0 Å². The summed E-state index contributed by atoms with van der Waals surface area (Å²) in [5, 5.41) is 3.19. The summed E-state index contributed by atoms with van der Waals surface area (Å²) in [6.45, 7) is 0. The zero-order valence-electron chi connectivity index (χ0n) is 9.81. The van der Waals surface area contributed by atoms with Gasteiger partial charge in [0.25, 0.3) is 0 Å². The van der Waals surface area contributed by atoms with Gasteiger partial charge < -0.3 is 10.1 Å². The number of aldehydes is 1. The summed E-state index contributed by atoms with van der Waals surface area (Å²) in [4.78, 5) is 11.0. The second-order valence-electron chi connectivity index (χ2n) is 3.67. The number of anilines is 2. The van der Waals surface area contributed by atoms with Crippen LogP contribution in [0.3, 0.4) is 0 Å². The normalized spacial score (nSPS) is 9.89. The first-order chi connectivity index (χ1) is 8.74. The van der Waals surface area contributed by atoms with Crippen molar-refractivity contribution in [1.82, 2.24) is 0 Å². The summed E-state index contributed by atoms with van der Waals surface area (Å²) in [7, 11) is 1.58. The molecular formula is C14H12BrNO2. The Bertz CT molecular complexity index is 552. The minimum atomic E-state index is 0.567. The van der Waals surface area contributed by atoms with E-state index >= 15 is 0 Å². The highest BCUT2D eigenvalue weighted by molar-refractivity contribution is 9.10. The predicted molar refractivity (Wildman–Crippen MR) is 75.8 cm³/mol. The molecule has 2 aromatic carbocycles. The number of methoxy groups -OCH3 is 1. The maximum absolute atomic E-state index is 11.0. The number of nitrogens with one attached hydrogen (secondary N) is 1. The van der Waals surface area contributed by atoms with Crippen molar-refractivity contribution in [2.75, 3.05) is 12.4 Å². The highest BCUT2D eigenvalue weighted by atomic mass is 79.9. The zero-order valence-corrected chi connectivity index (χ0v) is 11.4. The average molecular weight is 306 g/mol. The fourth-order valence-corrected chi connectivity index (χ4v) is 1.89. The van der Waals surface area contributed by atoms with Gasteiger partial charge in [-0.3, -0.25) is 4.79 Å². The molecule has 0 aliphatic rings. The number of para-hydroxylation sites is 1. The number of ether oxygens (including phenoxy) is 1. The molecule has 4 heteroatoms. The van der Waals surface area contributed by atoms with Crippen molar-refractivity contribution in [3.8, 4) is 5.75 Å². The number of rotatable bonds is 4. The summed E-state index contributed by atoms with van der Waals surface area (Å²) >= 11 is 3.38. The Hall–Kier alpha value is -1.81. The number of carbonyl (C=O) groups is 1. The molecule has 0 aliphatic carbocycles. The molecule has 0 spiro atoms. The summed E-state index contributed by atoms with van der Waals surface area (Å²) < 4.78 is 6.26. The molecule has 2 aromatic rings. The molecule has 0 heterocycles. The molecule has 0 amide bonds. The number of hydrogen-bond acceptors (Lipinski definition) is 3. The fourth-order valence-electron chi connectivity index (χ4n) is 1.63. The molecule has 18 heavy (non-hydrogen) atoms. The van der Waals surface area contributed by atoms with Gasteiger partial charge >= 0.3 is 0 Å². The third-order valence-electron chi connectivity index (χ3n) is 2.52. The predicted octanol–water partition coefficient (Wildman–Crippen LogP) is 4.01. The maximum atomic E-state index is 11.0. The van der Waals surface area contributed by atoms with Gasteiger partial charge in [0, 0.05) is 15.7 Å². The van der Waals surface area contributed by atoms with E-state index in [0.29, 0.717) is 17.0 Å². The Kier molecular flexibility index (Phi) is 3.99. The Morgan fingerprint density at radius 1 is 1.17 bits per heavy atom. The number of halogens is 1. The van der Waals surface area contributed by atoms with Crippen molar-refractivity contribution < 1.29 is 9.53 Å². The first kappa shape index (κ1) is 12.6. The van der Waals surface area contributed by atoms with Gasteiger partial charge in [-0.15, -0.1) is 0 Å². The van der Waals surface area contributed by atoms with E-state index in [9.17, 15) is 4.79 Å². The Balaban J connectivity index is 2.38. The summed E-state index contributed by atoms with van der Waals surface area (Å²) in [5.41, 5.74) is 2.14. The van der Waals surface area contributed by atoms with E-state index in [1.165, 1.54) is 0 Å². The van der Waals surface area contributed by atoms with Crippen LogP contribution in [0.1, 0.15) is 10.4 Å². The molecular weight excluding hydrogens is 294 g/mol. The monoisotopic (exact) mass is 305 g/mol. The smallest absolute Gasteiger partial charge is 0.152 e. The van der Waals surface area contributed by atoms with E-state index in [2.05, 4.69) is 21.2 Å². The van der Waals surface area contributed by atoms with E-state index in [1.54, 1.807) is 19.2 Å². The maximum Gasteiger partial charge on any atom is 0.152 e. The first-order valence-electron chi connectivity index (χ1n) is 5.39. The molecule has 92 valence electrons. The summed E-state index contributed by atoms with van der Waals surface area (Å²) in [5.74, 6) is 0.641. The van der Waals surface area contributed by atoms with Crippen LogP contribution in [0.2, 0.25) is 0 Å². The molecule has 0 saturated heterocycles. The summed E-state index contributed by atoms with van der Waals surface area (Å²) in [6.07, 6.45) is 0.809. The van der Waals surface area contributed by atoms with Crippen molar-refractivity contribution in [3.63, 3.8) is 0 Å². The molecule has 2 rings (SSSR count). The van der Waals surface area contributed by atoms with E-state index in [0.717, 1.165) is 16.4 Å². The van der Waals surface area contributed by atoms with Crippen molar-refractivity contribution in [2.45, 2.75) is 0 Å². The molecule has 0 aliphatic heterocycles. The number of carbonyl (C=O) groups excluding carboxylic acids is 1. The molecule has 0 fully saturated rings. The van der Waals surface area contributed by atoms with Gasteiger partial charge in [-0.05, 0) is 36.4 Å². The van der Waals surface area contributed by atoms with Gasteiger partial charge in [0.2, 0.25) is 0 Å². The first-order valence-corrected chi connectivity index (χ1v) is 6.18. The topological polar surface area (TPSA) is 38.3 Å². The fraction of sp³-hybridized carbons (Fsp3) is 0.0714. The van der Waals surface area contributed by atoms with Crippen LogP contribution in [-0.2, 0) is 0 Å². The minimum absolute atomic E-state index is 0.567. The molecule has 1 N–H and O–H groups in total. The molecule has 3 nitrogen and oxygen atoms in total. The van der Waals surface area contributed by atoms with Crippen molar-refractivity contribution in [3.05, 3.63) is 52.5 Å². The third kappa shape index (κ3) is 2.71. The van der Waals surface area contributed by atoms with Gasteiger partial charge in [0.05, 0.1) is 12.8 Å². The van der Waals surface area contributed by atoms with Crippen molar-refractivity contribution in [2.24, 2.45) is 0 Å². The molecule has 0 radical (unpaired) electrons. The van der Waals surface area contributed by atoms with E-state index in [1.807, 2.05) is 30.3 Å². The van der Waals surface area contributed by atoms with E-state index in [-0.39, 0.29) is 0 Å². The van der Waals surface area contributed by atoms with Gasteiger partial charge in [0.1, 0.15) is 5.75 Å². The molecule has 0 aromatic heterocycles. The van der Waals surface area contributed by atoms with Gasteiger partial charge in [-0.2, -0.15) is 0 Å². The van der Waals surface area contributed by atoms with E-state index in [4.69, 9.17) is 4.74 Å². The summed E-state index contributed by atoms with van der Waals surface area (Å²) in [6, 6.07) is 13.0. The lowest BCUT2D eigenvalue weighted by atomic mass is 10.1. The lowest BCUT2D eigenvalue weighted by Crippen LogP contribution is -1.98. The second-order valence-corrected chi connectivity index (χ2v) is 4.59. The minimum Gasteiger partial charge on any atom is -0.495 e.